The molecule has 0 aromatic heterocycles. The molecule has 0 rings (SSSR count). The fourth-order valence-electron chi connectivity index (χ4n) is 1.29. The summed E-state index contributed by atoms with van der Waals surface area (Å²) in [4.78, 5) is 37.0. The lowest BCUT2D eigenvalue weighted by atomic mass is 10.1. The van der Waals surface area contributed by atoms with Crippen molar-refractivity contribution in [1.82, 2.24) is 5.32 Å². The van der Waals surface area contributed by atoms with Crippen LogP contribution in [-0.2, 0) is 29.0 Å². The van der Waals surface area contributed by atoms with E-state index in [2.05, 4.69) is 14.8 Å². The van der Waals surface area contributed by atoms with Crippen molar-refractivity contribution in [2.24, 2.45) is 0 Å². The number of carbonyl (C=O) groups is 3. The largest absolute Gasteiger partial charge is 0.467 e. The molecular weight excluding hydrogens is 302 g/mol. The Balaban J connectivity index is 4.86. The number of nitrogens with one attached hydrogen (secondary N) is 1. The predicted octanol–water partition coefficient (Wildman–Crippen LogP) is -1.27. The minimum Gasteiger partial charge on any atom is -0.467 e. The van der Waals surface area contributed by atoms with Crippen molar-refractivity contribution in [1.29, 1.82) is 0 Å². The first kappa shape index (κ1) is 18.9. The summed E-state index contributed by atoms with van der Waals surface area (Å²) in [6, 6.07) is -1.16. The number of rotatable bonds is 8. The average Bonchev–Trinajstić information content (AvgIpc) is 2.40. The molecule has 0 aromatic carbocycles. The third kappa shape index (κ3) is 6.77. The topological polar surface area (TPSA) is 143 Å². The van der Waals surface area contributed by atoms with Gasteiger partial charge in [-0.15, -0.1) is 0 Å². The zero-order valence-corrected chi connectivity index (χ0v) is 12.7. The zero-order chi connectivity index (χ0) is 16.6. The second kappa shape index (κ2) is 8.28. The van der Waals surface area contributed by atoms with Gasteiger partial charge in [-0.05, 0) is 13.3 Å². The summed E-state index contributed by atoms with van der Waals surface area (Å²) < 4.78 is 27.0. The van der Waals surface area contributed by atoms with Gasteiger partial charge in [0.2, 0.25) is 11.7 Å². The third-order valence-corrected chi connectivity index (χ3v) is 4.19. The Morgan fingerprint density at radius 1 is 1.38 bits per heavy atom. The molecule has 0 aliphatic rings. The highest BCUT2D eigenvalue weighted by Crippen LogP contribution is 2.04. The molecule has 9 nitrogen and oxygen atoms in total. The van der Waals surface area contributed by atoms with Crippen molar-refractivity contribution in [3.63, 3.8) is 0 Å². The lowest BCUT2D eigenvalue weighted by molar-refractivity contribution is -0.145. The quantitative estimate of drug-likeness (QED) is 0.256. The lowest BCUT2D eigenvalue weighted by Gasteiger charge is -2.17. The number of carbonyl (C=O) groups excluding carboxylic acids is 3. The molecule has 2 atom stereocenters. The Bertz CT molecular complexity index is 565. The summed E-state index contributed by atoms with van der Waals surface area (Å²) in [5, 5.41) is 0.886. The first-order chi connectivity index (χ1) is 9.63. The Morgan fingerprint density at radius 2 is 1.95 bits per heavy atom. The normalized spacial score (nSPS) is 13.5. The van der Waals surface area contributed by atoms with Gasteiger partial charge in [0.1, 0.15) is 11.3 Å². The fraction of sp³-hybridized carbons (Fsp3) is 0.636. The van der Waals surface area contributed by atoms with Gasteiger partial charge in [-0.1, -0.05) is 0 Å². The van der Waals surface area contributed by atoms with Crippen LogP contribution in [0.3, 0.4) is 0 Å². The van der Waals surface area contributed by atoms with Gasteiger partial charge in [0.05, 0.1) is 7.11 Å². The standard InChI is InChI=1S/C11H17N3O6S/c1-7(21(3,18)19)10(16)14-9(11(17)20-2)5-4-8(15)6-13-12/h6-7,9H,4-5H2,1-3H3,(H,14,16)/t7-,9-/m0/s1. The highest BCUT2D eigenvalue weighted by atomic mass is 32.2. The number of hydrogen-bond donors (Lipinski definition) is 1. The molecule has 0 aromatic rings. The molecular formula is C11H17N3O6S. The Hall–Kier alpha value is -2.06. The van der Waals surface area contributed by atoms with E-state index in [0.717, 1.165) is 13.4 Å². The summed E-state index contributed by atoms with van der Waals surface area (Å²) >= 11 is 0. The van der Waals surface area contributed by atoms with Crippen LogP contribution in [0.1, 0.15) is 19.8 Å². The van der Waals surface area contributed by atoms with Gasteiger partial charge in [0.25, 0.3) is 0 Å². The Morgan fingerprint density at radius 3 is 2.38 bits per heavy atom. The minimum atomic E-state index is -3.61. The molecule has 0 bridgehead atoms. The molecule has 0 aliphatic carbocycles. The monoisotopic (exact) mass is 319 g/mol. The highest BCUT2D eigenvalue weighted by Gasteiger charge is 2.29. The average molecular weight is 319 g/mol. The predicted molar refractivity (Wildman–Crippen MR) is 72.2 cm³/mol. The number of hydrogen-bond acceptors (Lipinski definition) is 6. The van der Waals surface area contributed by atoms with E-state index in [-0.39, 0.29) is 12.8 Å². The second-order valence-corrected chi connectivity index (χ2v) is 6.67. The molecule has 118 valence electrons. The SMILES string of the molecule is COC(=O)[C@H](CCC(=O)C=[N+]=[N-])NC(=O)[C@H](C)S(C)(=O)=O. The zero-order valence-electron chi connectivity index (χ0n) is 11.9. The van der Waals surface area contributed by atoms with Crippen LogP contribution in [0, 0.1) is 0 Å². The van der Waals surface area contributed by atoms with E-state index >= 15 is 0 Å². The molecule has 0 saturated carbocycles. The number of ether oxygens (including phenoxy) is 1. The summed E-state index contributed by atoms with van der Waals surface area (Å²) in [5.74, 6) is -2.23. The number of methoxy groups -OCH3 is 1. The summed E-state index contributed by atoms with van der Waals surface area (Å²) in [6.45, 7) is 1.18. The molecule has 21 heavy (non-hydrogen) atoms. The molecule has 0 unspecified atom stereocenters. The maximum absolute atomic E-state index is 11.7. The Labute approximate surface area is 122 Å². The van der Waals surface area contributed by atoms with Gasteiger partial charge >= 0.3 is 12.2 Å². The van der Waals surface area contributed by atoms with E-state index in [0.29, 0.717) is 6.21 Å². The maximum Gasteiger partial charge on any atom is 0.328 e. The van der Waals surface area contributed by atoms with Crippen molar-refractivity contribution < 1.29 is 32.3 Å². The molecule has 1 amide bonds. The van der Waals surface area contributed by atoms with E-state index in [1.807, 2.05) is 0 Å². The van der Waals surface area contributed by atoms with Gasteiger partial charge in [-0.3, -0.25) is 9.59 Å². The molecule has 0 spiro atoms. The number of sulfone groups is 1. The van der Waals surface area contributed by atoms with Crippen molar-refractivity contribution >= 4 is 33.7 Å². The molecule has 0 fully saturated rings. The van der Waals surface area contributed by atoms with Gasteiger partial charge in [-0.2, -0.15) is 4.79 Å². The number of nitrogens with zero attached hydrogens (tertiary/aromatic N) is 2. The molecule has 10 heteroatoms. The first-order valence-electron chi connectivity index (χ1n) is 5.90. The number of esters is 1. The van der Waals surface area contributed by atoms with Crippen LogP contribution < -0.4 is 5.32 Å². The van der Waals surface area contributed by atoms with Crippen LogP contribution in [0.15, 0.2) is 0 Å². The number of Topliss-reactive ketones (excluding diaryl/α,β-unsaturated/α-hetero) is 1. The molecule has 0 radical (unpaired) electrons. The van der Waals surface area contributed by atoms with E-state index < -0.39 is 38.8 Å². The smallest absolute Gasteiger partial charge is 0.328 e. The van der Waals surface area contributed by atoms with Crippen LogP contribution in [-0.4, -0.2) is 61.7 Å². The summed E-state index contributed by atoms with van der Waals surface area (Å²) in [5.41, 5.74) is 8.19. The van der Waals surface area contributed by atoms with Crippen LogP contribution in [0.5, 0.6) is 0 Å². The Kier molecular flexibility index (Phi) is 7.46. The van der Waals surface area contributed by atoms with E-state index in [9.17, 15) is 22.8 Å². The molecule has 0 saturated heterocycles. The molecule has 0 aliphatic heterocycles. The van der Waals surface area contributed by atoms with Gasteiger partial charge in [0.15, 0.2) is 9.84 Å². The van der Waals surface area contributed by atoms with Crippen LogP contribution in [0.25, 0.3) is 5.53 Å². The summed E-state index contributed by atoms with van der Waals surface area (Å²) in [7, 11) is -2.51. The highest BCUT2D eigenvalue weighted by molar-refractivity contribution is 7.92. The molecule has 0 heterocycles. The summed E-state index contributed by atoms with van der Waals surface area (Å²) in [6.07, 6.45) is 1.26. The lowest BCUT2D eigenvalue weighted by Crippen LogP contribution is -2.47. The first-order valence-corrected chi connectivity index (χ1v) is 7.86. The van der Waals surface area contributed by atoms with Gasteiger partial charge in [0, 0.05) is 12.7 Å². The van der Waals surface area contributed by atoms with E-state index in [4.69, 9.17) is 5.53 Å². The van der Waals surface area contributed by atoms with Crippen molar-refractivity contribution in [3.8, 4) is 0 Å². The van der Waals surface area contributed by atoms with Crippen molar-refractivity contribution in [3.05, 3.63) is 5.53 Å². The third-order valence-electron chi connectivity index (χ3n) is 2.69. The second-order valence-electron chi connectivity index (χ2n) is 4.31. The molecule has 1 N–H and O–H groups in total. The van der Waals surface area contributed by atoms with Crippen LogP contribution in [0.4, 0.5) is 0 Å². The number of amides is 1. The minimum absolute atomic E-state index is 0.111. The van der Waals surface area contributed by atoms with Crippen LogP contribution in [0.2, 0.25) is 0 Å². The number of ketones is 1. The van der Waals surface area contributed by atoms with E-state index in [1.54, 1.807) is 0 Å². The fourth-order valence-corrected chi connectivity index (χ4v) is 1.75. The van der Waals surface area contributed by atoms with Crippen molar-refractivity contribution in [2.75, 3.05) is 13.4 Å². The van der Waals surface area contributed by atoms with Gasteiger partial charge < -0.3 is 15.6 Å². The van der Waals surface area contributed by atoms with Crippen LogP contribution >= 0.6 is 0 Å². The van der Waals surface area contributed by atoms with E-state index in [1.165, 1.54) is 6.92 Å². The van der Waals surface area contributed by atoms with Crippen molar-refractivity contribution in [2.45, 2.75) is 31.1 Å². The maximum atomic E-state index is 11.7. The van der Waals surface area contributed by atoms with Gasteiger partial charge in [-0.25, -0.2) is 13.2 Å².